The van der Waals surface area contributed by atoms with Crippen LogP contribution in [0.5, 0.6) is 0 Å². The third-order valence-electron chi connectivity index (χ3n) is 4.11. The molecule has 0 aliphatic carbocycles. The number of halogens is 3. The lowest BCUT2D eigenvalue weighted by Gasteiger charge is -2.36. The molecule has 1 aliphatic rings. The molecule has 2 heterocycles. The number of nitrogens with one attached hydrogen (secondary N) is 1. The average Bonchev–Trinajstić information content (AvgIpc) is 2.91. The van der Waals surface area contributed by atoms with E-state index in [9.17, 15) is 18.0 Å². The molecule has 0 spiro atoms. The topological polar surface area (TPSA) is 58.1 Å². The number of nitrogens with zero attached hydrogens (tertiary/aromatic N) is 3. The van der Waals surface area contributed by atoms with Crippen molar-refractivity contribution in [2.75, 3.05) is 11.9 Å². The van der Waals surface area contributed by atoms with E-state index in [1.807, 2.05) is 20.8 Å². The van der Waals surface area contributed by atoms with E-state index < -0.39 is 23.7 Å². The number of amides is 2. The van der Waals surface area contributed by atoms with Crippen molar-refractivity contribution in [3.63, 3.8) is 0 Å². The number of carbonyl (C=O) groups excluding carboxylic acids is 1. The number of alkyl halides is 3. The summed E-state index contributed by atoms with van der Waals surface area (Å²) in [5.41, 5.74) is -1.49. The van der Waals surface area contributed by atoms with Crippen molar-refractivity contribution in [3.05, 3.63) is 5.01 Å². The Labute approximate surface area is 137 Å². The molecule has 1 fully saturated rings. The van der Waals surface area contributed by atoms with Gasteiger partial charge < -0.3 is 4.90 Å². The second-order valence-corrected chi connectivity index (χ2v) is 8.26. The van der Waals surface area contributed by atoms with Crippen LogP contribution in [0.4, 0.5) is 23.1 Å². The number of aromatic nitrogens is 2. The van der Waals surface area contributed by atoms with Crippen LogP contribution in [-0.2, 0) is 5.41 Å². The van der Waals surface area contributed by atoms with Gasteiger partial charge in [0, 0.05) is 12.0 Å². The highest BCUT2D eigenvalue weighted by molar-refractivity contribution is 7.15. The summed E-state index contributed by atoms with van der Waals surface area (Å²) in [4.78, 5) is 13.6. The summed E-state index contributed by atoms with van der Waals surface area (Å²) >= 11 is 1.23. The fourth-order valence-corrected chi connectivity index (χ4v) is 3.54. The molecule has 0 saturated carbocycles. The Bertz CT molecular complexity index is 592. The molecule has 0 radical (unpaired) electrons. The quantitative estimate of drug-likeness (QED) is 0.832. The van der Waals surface area contributed by atoms with Gasteiger partial charge in [-0.15, -0.1) is 10.2 Å². The van der Waals surface area contributed by atoms with E-state index in [2.05, 4.69) is 15.5 Å². The third-order valence-corrected chi connectivity index (χ3v) is 5.37. The van der Waals surface area contributed by atoms with E-state index in [0.717, 1.165) is 5.01 Å². The Hall–Kier alpha value is -1.38. The van der Waals surface area contributed by atoms with Crippen LogP contribution in [0.3, 0.4) is 0 Å². The van der Waals surface area contributed by atoms with Crippen LogP contribution in [0.25, 0.3) is 0 Å². The van der Waals surface area contributed by atoms with Crippen molar-refractivity contribution in [2.45, 2.75) is 58.2 Å². The van der Waals surface area contributed by atoms with E-state index in [-0.39, 0.29) is 18.4 Å². The minimum absolute atomic E-state index is 0.0634. The summed E-state index contributed by atoms with van der Waals surface area (Å²) in [6, 6.07) is -0.571. The molecule has 130 valence electrons. The molecule has 23 heavy (non-hydrogen) atoms. The van der Waals surface area contributed by atoms with Gasteiger partial charge in [0.15, 0.2) is 0 Å². The fourth-order valence-electron chi connectivity index (χ4n) is 2.75. The van der Waals surface area contributed by atoms with Crippen LogP contribution >= 0.6 is 11.3 Å². The number of hydrogen-bond donors (Lipinski definition) is 1. The number of rotatable bonds is 1. The summed E-state index contributed by atoms with van der Waals surface area (Å²) in [6.45, 7) is 8.86. The van der Waals surface area contributed by atoms with Crippen molar-refractivity contribution in [3.8, 4) is 0 Å². The van der Waals surface area contributed by atoms with Crippen molar-refractivity contribution in [1.82, 2.24) is 15.1 Å². The zero-order valence-electron chi connectivity index (χ0n) is 13.8. The van der Waals surface area contributed by atoms with Crippen LogP contribution in [0, 0.1) is 5.92 Å². The molecule has 1 aromatic rings. The summed E-state index contributed by atoms with van der Waals surface area (Å²) in [5, 5.41) is 11.5. The molecule has 1 N–H and O–H groups in total. The normalized spacial score (nSPS) is 21.6. The molecular formula is C14H21F3N4OS. The zero-order chi connectivity index (χ0) is 17.6. The molecule has 9 heteroatoms. The lowest BCUT2D eigenvalue weighted by molar-refractivity contribution is -0.189. The third kappa shape index (κ3) is 3.59. The van der Waals surface area contributed by atoms with Crippen molar-refractivity contribution in [2.24, 2.45) is 5.92 Å². The Morgan fingerprint density at radius 1 is 1.30 bits per heavy atom. The number of anilines is 1. The predicted octanol–water partition coefficient (Wildman–Crippen LogP) is 4.03. The molecule has 2 rings (SSSR count). The monoisotopic (exact) mass is 350 g/mol. The Kier molecular flexibility index (Phi) is 4.38. The van der Waals surface area contributed by atoms with Gasteiger partial charge in [-0.05, 0) is 20.3 Å². The van der Waals surface area contributed by atoms with Crippen LogP contribution < -0.4 is 5.32 Å². The molecule has 1 aliphatic heterocycles. The lowest BCUT2D eigenvalue weighted by atomic mass is 9.88. The maximum atomic E-state index is 13.1. The van der Waals surface area contributed by atoms with Gasteiger partial charge >= 0.3 is 12.2 Å². The second kappa shape index (κ2) is 5.61. The molecule has 1 aromatic heterocycles. The van der Waals surface area contributed by atoms with Crippen LogP contribution in [-0.4, -0.2) is 39.4 Å². The Balaban J connectivity index is 2.11. The molecule has 0 aromatic carbocycles. The van der Waals surface area contributed by atoms with E-state index in [1.165, 1.54) is 30.1 Å². The second-order valence-electron chi connectivity index (χ2n) is 7.28. The maximum absolute atomic E-state index is 13.1. The summed E-state index contributed by atoms with van der Waals surface area (Å²) < 4.78 is 39.2. The van der Waals surface area contributed by atoms with Gasteiger partial charge in [-0.25, -0.2) is 4.79 Å². The van der Waals surface area contributed by atoms with E-state index in [4.69, 9.17) is 0 Å². The van der Waals surface area contributed by atoms with Gasteiger partial charge in [-0.3, -0.25) is 5.32 Å². The number of likely N-dealkylation sites (tertiary alicyclic amines) is 1. The minimum atomic E-state index is -4.32. The van der Waals surface area contributed by atoms with Gasteiger partial charge in [0.25, 0.3) is 0 Å². The van der Waals surface area contributed by atoms with Crippen LogP contribution in [0.1, 0.15) is 46.0 Å². The molecule has 2 amide bonds. The van der Waals surface area contributed by atoms with Gasteiger partial charge in [0.05, 0.1) is 11.5 Å². The van der Waals surface area contributed by atoms with Crippen molar-refractivity contribution < 1.29 is 18.0 Å². The van der Waals surface area contributed by atoms with E-state index >= 15 is 0 Å². The van der Waals surface area contributed by atoms with Gasteiger partial charge in [-0.1, -0.05) is 32.1 Å². The SMILES string of the molecule is CC(C)(C)c1nnc(NC(=O)N2CC[C@H](C(F)(F)F)C2(C)C)s1. The Morgan fingerprint density at radius 3 is 2.35 bits per heavy atom. The van der Waals surface area contributed by atoms with Crippen molar-refractivity contribution >= 4 is 22.5 Å². The zero-order valence-corrected chi connectivity index (χ0v) is 14.6. The Morgan fingerprint density at radius 2 is 1.91 bits per heavy atom. The molecular weight excluding hydrogens is 329 g/mol. The molecule has 0 bridgehead atoms. The lowest BCUT2D eigenvalue weighted by Crippen LogP contribution is -2.51. The molecule has 5 nitrogen and oxygen atoms in total. The molecule has 0 unspecified atom stereocenters. The van der Waals surface area contributed by atoms with Crippen LogP contribution in [0.2, 0.25) is 0 Å². The first kappa shape index (κ1) is 18.0. The standard InChI is InChI=1S/C14H21F3N4OS/c1-12(2,3)9-19-20-10(23-9)18-11(22)21-7-6-8(13(21,4)5)14(15,16)17/h8H,6-7H2,1-5H3,(H,18,20,22)/t8-/m0/s1. The smallest absolute Gasteiger partial charge is 0.319 e. The molecule has 1 atom stereocenters. The highest BCUT2D eigenvalue weighted by Crippen LogP contribution is 2.44. The largest absolute Gasteiger partial charge is 0.394 e. The van der Waals surface area contributed by atoms with Crippen molar-refractivity contribution in [1.29, 1.82) is 0 Å². The van der Waals surface area contributed by atoms with Gasteiger partial charge in [0.1, 0.15) is 5.01 Å². The molecule has 1 saturated heterocycles. The minimum Gasteiger partial charge on any atom is -0.319 e. The van der Waals surface area contributed by atoms with E-state index in [0.29, 0.717) is 5.13 Å². The van der Waals surface area contributed by atoms with Gasteiger partial charge in [-0.2, -0.15) is 13.2 Å². The summed E-state index contributed by atoms with van der Waals surface area (Å²) in [7, 11) is 0. The van der Waals surface area contributed by atoms with Gasteiger partial charge in [0.2, 0.25) is 5.13 Å². The first-order valence-electron chi connectivity index (χ1n) is 7.33. The van der Waals surface area contributed by atoms with E-state index in [1.54, 1.807) is 0 Å². The first-order valence-corrected chi connectivity index (χ1v) is 8.14. The fraction of sp³-hybridized carbons (Fsp3) is 0.786. The highest BCUT2D eigenvalue weighted by atomic mass is 32.1. The number of carbonyl (C=O) groups is 1. The number of urea groups is 1. The summed E-state index contributed by atoms with van der Waals surface area (Å²) in [6.07, 6.45) is -4.41. The average molecular weight is 350 g/mol. The summed E-state index contributed by atoms with van der Waals surface area (Å²) in [5.74, 6) is -1.53. The maximum Gasteiger partial charge on any atom is 0.394 e. The highest BCUT2D eigenvalue weighted by Gasteiger charge is 2.56. The first-order chi connectivity index (χ1) is 10.3. The predicted molar refractivity (Wildman–Crippen MR) is 82.6 cm³/mol. The van der Waals surface area contributed by atoms with Crippen LogP contribution in [0.15, 0.2) is 0 Å². The number of hydrogen-bond acceptors (Lipinski definition) is 4.